The van der Waals surface area contributed by atoms with Crippen LogP contribution in [-0.2, 0) is 29.6 Å². The fraction of sp³-hybridized carbons (Fsp3) is 0.652. The molecule has 5 aliphatic heterocycles. The van der Waals surface area contributed by atoms with Gasteiger partial charge in [0.1, 0.15) is 11.1 Å². The quantitative estimate of drug-likeness (QED) is 0.202. The Kier molecular flexibility index (Phi) is 12.9. The smallest absolute Gasteiger partial charge is 0.305 e. The number of anilines is 1. The van der Waals surface area contributed by atoms with Crippen LogP contribution in [-0.4, -0.2) is 149 Å². The lowest BCUT2D eigenvalue weighted by Crippen LogP contribution is -2.58. The monoisotopic (exact) mass is 833 g/mol. The molecule has 0 radical (unpaired) electrons. The van der Waals surface area contributed by atoms with Gasteiger partial charge in [0.2, 0.25) is 0 Å². The lowest BCUT2D eigenvalue weighted by Gasteiger charge is -2.54. The van der Waals surface area contributed by atoms with Gasteiger partial charge in [-0.05, 0) is 131 Å². The first-order chi connectivity index (χ1) is 28.4. The van der Waals surface area contributed by atoms with E-state index in [2.05, 4.69) is 32.2 Å². The van der Waals surface area contributed by atoms with Crippen LogP contribution in [0.3, 0.4) is 0 Å². The number of nitrogens with zero attached hydrogens (tertiary/aromatic N) is 5. The van der Waals surface area contributed by atoms with Crippen molar-refractivity contribution in [3.05, 3.63) is 72.1 Å². The number of hydrogen-bond acceptors (Lipinski definition) is 10. The number of carbonyl (C=O) groups excluding carboxylic acids is 2. The van der Waals surface area contributed by atoms with E-state index in [0.717, 1.165) is 109 Å². The van der Waals surface area contributed by atoms with Gasteiger partial charge < -0.3 is 29.4 Å². The van der Waals surface area contributed by atoms with E-state index in [1.807, 2.05) is 18.2 Å². The molecule has 3 atom stereocenters. The number of aliphatic hydroxyl groups is 1. The van der Waals surface area contributed by atoms with Gasteiger partial charge in [0.15, 0.2) is 9.84 Å². The van der Waals surface area contributed by atoms with Crippen molar-refractivity contribution in [3.8, 4) is 0 Å². The summed E-state index contributed by atoms with van der Waals surface area (Å²) in [5, 5.41) is 9.14. The number of hydrogen-bond donors (Lipinski definition) is 1. The highest BCUT2D eigenvalue weighted by Gasteiger charge is 2.53. The summed E-state index contributed by atoms with van der Waals surface area (Å²) < 4.78 is 47.2. The molecule has 2 aromatic rings. The Hall–Kier alpha value is -3.36. The van der Waals surface area contributed by atoms with Gasteiger partial charge in [0, 0.05) is 87.9 Å². The van der Waals surface area contributed by atoms with E-state index in [9.17, 15) is 23.1 Å². The Morgan fingerprint density at radius 2 is 1.56 bits per heavy atom. The van der Waals surface area contributed by atoms with E-state index in [4.69, 9.17) is 4.74 Å². The van der Waals surface area contributed by atoms with E-state index < -0.39 is 15.1 Å². The van der Waals surface area contributed by atoms with Crippen LogP contribution >= 0.6 is 0 Å². The summed E-state index contributed by atoms with van der Waals surface area (Å²) >= 11 is 0. The zero-order valence-electron chi connectivity index (χ0n) is 34.9. The predicted octanol–water partition coefficient (Wildman–Crippen LogP) is 4.59. The van der Waals surface area contributed by atoms with E-state index in [1.54, 1.807) is 29.2 Å². The number of rotatable bonds is 15. The lowest BCUT2D eigenvalue weighted by molar-refractivity contribution is -0.142. The average Bonchev–Trinajstić information content (AvgIpc) is 3.64. The molecule has 0 aromatic heterocycles. The van der Waals surface area contributed by atoms with Gasteiger partial charge >= 0.3 is 5.97 Å². The maximum Gasteiger partial charge on any atom is 0.305 e. The van der Waals surface area contributed by atoms with E-state index >= 15 is 4.39 Å². The number of amides is 1. The van der Waals surface area contributed by atoms with Crippen LogP contribution in [0.2, 0.25) is 0 Å². The molecule has 1 saturated carbocycles. The Balaban J connectivity index is 0.839. The molecule has 0 bridgehead atoms. The largest absolute Gasteiger partial charge is 0.469 e. The normalized spacial score (nSPS) is 25.5. The summed E-state index contributed by atoms with van der Waals surface area (Å²) in [6.07, 6.45) is 7.97. The lowest BCUT2D eigenvalue weighted by atomic mass is 9.56. The third-order valence-electron chi connectivity index (χ3n) is 14.9. The van der Waals surface area contributed by atoms with Crippen molar-refractivity contribution in [3.63, 3.8) is 0 Å². The minimum atomic E-state index is -3.57. The first-order valence-corrected chi connectivity index (χ1v) is 23.7. The van der Waals surface area contributed by atoms with Crippen molar-refractivity contribution in [2.24, 2.45) is 23.7 Å². The van der Waals surface area contributed by atoms with Crippen molar-refractivity contribution in [1.82, 2.24) is 19.6 Å². The molecule has 322 valence electrons. The maximum absolute atomic E-state index is 15.0. The number of aliphatic hydroxyl groups excluding tert-OH is 1. The molecule has 0 spiro atoms. The summed E-state index contributed by atoms with van der Waals surface area (Å²) in [5.74, 6) is 0.926. The number of carbonyl (C=O) groups is 2. The molecule has 1 aliphatic carbocycles. The zero-order chi connectivity index (χ0) is 41.3. The maximum atomic E-state index is 15.0. The minimum Gasteiger partial charge on any atom is -0.469 e. The number of likely N-dealkylation sites (tertiary alicyclic amines) is 4. The molecule has 8 rings (SSSR count). The third-order valence-corrected chi connectivity index (χ3v) is 17.0. The van der Waals surface area contributed by atoms with Crippen LogP contribution in [0.4, 0.5) is 10.1 Å². The number of sulfone groups is 1. The molecular weight excluding hydrogens is 770 g/mol. The zero-order valence-corrected chi connectivity index (χ0v) is 35.7. The number of piperidine rings is 2. The standard InChI is InChI=1S/C46H64FN5O6S/c1-33(26-48-22-16-40(53)17-23-48)45(55)52-30-42(31-52)59(56,57)41-12-10-39(11-13-41)51-28-34(29-51)27-49-20-14-36(15-21-49)46(32-50-18-5-19-50,37-7-4-8-38(47)25-37)43-9-3-6-35(43)24-44(54)58-2/h4,7-8,10-13,25,34-36,40,42-43,53H,1,3,5-6,9,14-24,26-32H2,2H3/t35-,43+,46+/m1/s1. The first-order valence-electron chi connectivity index (χ1n) is 22.2. The Labute approximate surface area is 350 Å². The van der Waals surface area contributed by atoms with Crippen LogP contribution in [0.1, 0.15) is 63.4 Å². The molecular formula is C46H64FN5O6S. The average molecular weight is 834 g/mol. The fourth-order valence-electron chi connectivity index (χ4n) is 11.4. The third kappa shape index (κ3) is 9.01. The molecule has 13 heteroatoms. The topological polar surface area (TPSA) is 114 Å². The second kappa shape index (κ2) is 17.9. The molecule has 11 nitrogen and oxygen atoms in total. The SMILES string of the molecule is C=C(CN1CCC(O)CC1)C(=O)N1CC(S(=O)(=O)c2ccc(N3CC(CN4CCC([C@@](CN5CCC5)(c5cccc(F)c5)[C@H]5CCC[C@@H]5CC(=O)OC)CC4)C3)cc2)C1. The highest BCUT2D eigenvalue weighted by atomic mass is 32.2. The highest BCUT2D eigenvalue weighted by Crippen LogP contribution is 2.54. The Bertz CT molecular complexity index is 1920. The van der Waals surface area contributed by atoms with Gasteiger partial charge in [-0.15, -0.1) is 0 Å². The van der Waals surface area contributed by atoms with E-state index in [1.165, 1.54) is 13.5 Å². The predicted molar refractivity (Wildman–Crippen MR) is 226 cm³/mol. The van der Waals surface area contributed by atoms with E-state index in [0.29, 0.717) is 54.0 Å². The summed E-state index contributed by atoms with van der Waals surface area (Å²) in [5.41, 5.74) is 2.37. The summed E-state index contributed by atoms with van der Waals surface area (Å²) in [6, 6.07) is 14.6. The molecule has 5 saturated heterocycles. The van der Waals surface area contributed by atoms with Crippen LogP contribution in [0.15, 0.2) is 65.6 Å². The summed E-state index contributed by atoms with van der Waals surface area (Å²) in [7, 11) is -2.09. The second-order valence-electron chi connectivity index (χ2n) is 18.6. The summed E-state index contributed by atoms with van der Waals surface area (Å²) in [6.45, 7) is 14.2. The van der Waals surface area contributed by atoms with Gasteiger partial charge in [-0.1, -0.05) is 25.1 Å². The molecule has 5 heterocycles. The molecule has 6 fully saturated rings. The number of ether oxygens (including phenoxy) is 1. The molecule has 2 aromatic carbocycles. The fourth-order valence-corrected chi connectivity index (χ4v) is 13.1. The molecule has 6 aliphatic rings. The van der Waals surface area contributed by atoms with Gasteiger partial charge in [-0.3, -0.25) is 14.5 Å². The van der Waals surface area contributed by atoms with E-state index in [-0.39, 0.29) is 48.2 Å². The summed E-state index contributed by atoms with van der Waals surface area (Å²) in [4.78, 5) is 37.1. The van der Waals surface area contributed by atoms with Crippen LogP contribution in [0.25, 0.3) is 0 Å². The number of esters is 1. The number of benzene rings is 2. The van der Waals surface area contributed by atoms with Crippen molar-refractivity contribution in [2.75, 3.05) is 97.1 Å². The minimum absolute atomic E-state index is 0.144. The molecule has 1 N–H and O–H groups in total. The van der Waals surface area contributed by atoms with Gasteiger partial charge in [0.25, 0.3) is 5.91 Å². The van der Waals surface area contributed by atoms with Crippen LogP contribution in [0, 0.1) is 29.5 Å². The van der Waals surface area contributed by atoms with Crippen LogP contribution < -0.4 is 4.90 Å². The second-order valence-corrected chi connectivity index (χ2v) is 20.8. The Morgan fingerprint density at radius 3 is 2.20 bits per heavy atom. The Morgan fingerprint density at radius 1 is 0.864 bits per heavy atom. The first kappa shape index (κ1) is 42.3. The molecule has 59 heavy (non-hydrogen) atoms. The van der Waals surface area contributed by atoms with Crippen molar-refractivity contribution in [1.29, 1.82) is 0 Å². The number of halogens is 1. The van der Waals surface area contributed by atoms with Gasteiger partial charge in [-0.2, -0.15) is 0 Å². The van der Waals surface area contributed by atoms with Crippen molar-refractivity contribution < 1.29 is 32.2 Å². The molecule has 1 amide bonds. The van der Waals surface area contributed by atoms with Crippen molar-refractivity contribution >= 4 is 27.4 Å². The highest BCUT2D eigenvalue weighted by molar-refractivity contribution is 7.92. The van der Waals surface area contributed by atoms with Gasteiger partial charge in [0.05, 0.1) is 18.1 Å². The van der Waals surface area contributed by atoms with Crippen molar-refractivity contribution in [2.45, 2.75) is 79.5 Å². The number of methoxy groups -OCH3 is 1. The van der Waals surface area contributed by atoms with Gasteiger partial charge in [-0.25, -0.2) is 12.8 Å². The van der Waals surface area contributed by atoms with Crippen LogP contribution in [0.5, 0.6) is 0 Å². The molecule has 0 unspecified atom stereocenters.